The van der Waals surface area contributed by atoms with E-state index >= 15 is 0 Å². The van der Waals surface area contributed by atoms with Crippen molar-refractivity contribution in [3.8, 4) is 0 Å². The molecule has 2 N–H and O–H groups in total. The van der Waals surface area contributed by atoms with Crippen LogP contribution >= 0.6 is 11.8 Å². The summed E-state index contributed by atoms with van der Waals surface area (Å²) < 4.78 is 41.0. The van der Waals surface area contributed by atoms with Gasteiger partial charge in [-0.15, -0.1) is 0 Å². The van der Waals surface area contributed by atoms with Crippen molar-refractivity contribution in [2.24, 2.45) is 0 Å². The molecule has 2 atom stereocenters. The van der Waals surface area contributed by atoms with Gasteiger partial charge >= 0.3 is 0 Å². The number of halogens is 1. The molecule has 2 aromatic carbocycles. The Morgan fingerprint density at radius 1 is 1.11 bits per heavy atom. The first-order chi connectivity index (χ1) is 13.2. The average Bonchev–Trinajstić information content (AvgIpc) is 2.65. The van der Waals surface area contributed by atoms with E-state index < -0.39 is 22.0 Å². The van der Waals surface area contributed by atoms with Gasteiger partial charge in [0.1, 0.15) is 11.9 Å². The van der Waals surface area contributed by atoms with Crippen molar-refractivity contribution in [2.75, 3.05) is 12.0 Å². The normalized spacial score (nSPS) is 13.7. The monoisotopic (exact) mass is 424 g/mol. The topological polar surface area (TPSA) is 75.3 Å². The SMILES string of the molecule is CSCCC(NS(=O)(=O)c1ccc(C)cc1)C(=O)NC(C)c1ccc(F)cc1. The van der Waals surface area contributed by atoms with Gasteiger partial charge in [-0.25, -0.2) is 12.8 Å². The molecule has 2 aromatic rings. The molecule has 0 radical (unpaired) electrons. The van der Waals surface area contributed by atoms with E-state index in [4.69, 9.17) is 0 Å². The summed E-state index contributed by atoms with van der Waals surface area (Å²) in [4.78, 5) is 12.9. The maximum Gasteiger partial charge on any atom is 0.241 e. The molecule has 0 heterocycles. The first-order valence-electron chi connectivity index (χ1n) is 8.86. The third-order valence-electron chi connectivity index (χ3n) is 4.28. The van der Waals surface area contributed by atoms with Gasteiger partial charge in [-0.1, -0.05) is 29.8 Å². The Bertz CT molecular complexity index is 885. The number of benzene rings is 2. The van der Waals surface area contributed by atoms with Crippen molar-refractivity contribution in [3.63, 3.8) is 0 Å². The molecule has 1 amide bonds. The van der Waals surface area contributed by atoms with Crippen LogP contribution in [-0.2, 0) is 14.8 Å². The molecule has 0 saturated heterocycles. The van der Waals surface area contributed by atoms with Gasteiger partial charge in [-0.3, -0.25) is 4.79 Å². The summed E-state index contributed by atoms with van der Waals surface area (Å²) in [5.74, 6) is -0.146. The molecule has 2 unspecified atom stereocenters. The van der Waals surface area contributed by atoms with Crippen LogP contribution in [0.15, 0.2) is 53.4 Å². The van der Waals surface area contributed by atoms with Crippen molar-refractivity contribution in [1.82, 2.24) is 10.0 Å². The van der Waals surface area contributed by atoms with Gasteiger partial charge in [0, 0.05) is 0 Å². The van der Waals surface area contributed by atoms with Gasteiger partial charge in [-0.2, -0.15) is 16.5 Å². The second-order valence-electron chi connectivity index (χ2n) is 6.55. The third kappa shape index (κ3) is 6.32. The van der Waals surface area contributed by atoms with Crippen molar-refractivity contribution in [3.05, 3.63) is 65.5 Å². The van der Waals surface area contributed by atoms with E-state index in [9.17, 15) is 17.6 Å². The van der Waals surface area contributed by atoms with Crippen molar-refractivity contribution in [2.45, 2.75) is 37.2 Å². The molecule has 0 aliphatic rings. The molecule has 0 aliphatic heterocycles. The van der Waals surface area contributed by atoms with Crippen molar-refractivity contribution >= 4 is 27.7 Å². The fourth-order valence-electron chi connectivity index (χ4n) is 2.60. The van der Waals surface area contributed by atoms with Crippen LogP contribution in [0, 0.1) is 12.7 Å². The summed E-state index contributed by atoms with van der Waals surface area (Å²) in [5, 5.41) is 2.81. The Morgan fingerprint density at radius 3 is 2.29 bits per heavy atom. The molecule has 5 nitrogen and oxygen atoms in total. The highest BCUT2D eigenvalue weighted by molar-refractivity contribution is 7.98. The minimum absolute atomic E-state index is 0.117. The van der Waals surface area contributed by atoms with Crippen molar-refractivity contribution in [1.29, 1.82) is 0 Å². The summed E-state index contributed by atoms with van der Waals surface area (Å²) >= 11 is 1.53. The van der Waals surface area contributed by atoms with E-state index in [2.05, 4.69) is 10.0 Å². The molecule has 28 heavy (non-hydrogen) atoms. The number of amides is 1. The van der Waals surface area contributed by atoms with Crippen LogP contribution in [0.4, 0.5) is 4.39 Å². The molecule has 152 valence electrons. The summed E-state index contributed by atoms with van der Waals surface area (Å²) in [7, 11) is -3.83. The molecule has 0 spiro atoms. The predicted molar refractivity (Wildman–Crippen MR) is 111 cm³/mol. The van der Waals surface area contributed by atoms with E-state index in [-0.39, 0.29) is 16.8 Å². The van der Waals surface area contributed by atoms with E-state index in [1.54, 1.807) is 31.2 Å². The zero-order valence-corrected chi connectivity index (χ0v) is 17.7. The Kier molecular flexibility index (Phi) is 8.03. The number of carbonyl (C=O) groups is 1. The van der Waals surface area contributed by atoms with Gasteiger partial charge in [0.25, 0.3) is 0 Å². The molecule has 0 aliphatic carbocycles. The van der Waals surface area contributed by atoms with Gasteiger partial charge in [0.05, 0.1) is 10.9 Å². The van der Waals surface area contributed by atoms with Crippen LogP contribution in [0.5, 0.6) is 0 Å². The number of thioether (sulfide) groups is 1. The van der Waals surface area contributed by atoms with Gasteiger partial charge < -0.3 is 5.32 Å². The number of sulfonamides is 1. The minimum atomic E-state index is -3.83. The predicted octanol–water partition coefficient (Wildman–Crippen LogP) is 3.41. The summed E-state index contributed by atoms with van der Waals surface area (Å²) in [6, 6.07) is 11.0. The summed E-state index contributed by atoms with van der Waals surface area (Å²) in [6.07, 6.45) is 2.25. The first-order valence-corrected chi connectivity index (χ1v) is 11.7. The van der Waals surface area contributed by atoms with Gasteiger partial charge in [0.2, 0.25) is 15.9 Å². The zero-order chi connectivity index (χ0) is 20.7. The fourth-order valence-corrected chi connectivity index (χ4v) is 4.30. The number of rotatable bonds is 9. The maximum absolute atomic E-state index is 13.1. The minimum Gasteiger partial charge on any atom is -0.348 e. The lowest BCUT2D eigenvalue weighted by Gasteiger charge is -2.21. The lowest BCUT2D eigenvalue weighted by Crippen LogP contribution is -2.47. The van der Waals surface area contributed by atoms with E-state index in [1.165, 1.54) is 36.0 Å². The standard InChI is InChI=1S/C20H25FN2O3S2/c1-14-4-10-18(11-5-14)28(25,26)23-19(12-13-27-3)20(24)22-15(2)16-6-8-17(21)9-7-16/h4-11,15,19,23H,12-13H2,1-3H3,(H,22,24). The molecule has 0 aromatic heterocycles. The molecule has 0 saturated carbocycles. The highest BCUT2D eigenvalue weighted by Gasteiger charge is 2.26. The highest BCUT2D eigenvalue weighted by atomic mass is 32.2. The molecule has 0 bridgehead atoms. The van der Waals surface area contributed by atoms with Crippen LogP contribution in [-0.4, -0.2) is 32.4 Å². The average molecular weight is 425 g/mol. The summed E-state index contributed by atoms with van der Waals surface area (Å²) in [5.41, 5.74) is 1.68. The smallest absolute Gasteiger partial charge is 0.241 e. The second kappa shape index (κ2) is 10.0. The largest absolute Gasteiger partial charge is 0.348 e. The number of aryl methyl sites for hydroxylation is 1. The first kappa shape index (κ1) is 22.4. The number of nitrogens with one attached hydrogen (secondary N) is 2. The Labute approximate surface area is 170 Å². The Morgan fingerprint density at radius 2 is 1.71 bits per heavy atom. The summed E-state index contributed by atoms with van der Waals surface area (Å²) in [6.45, 7) is 3.64. The number of hydrogen-bond acceptors (Lipinski definition) is 4. The highest BCUT2D eigenvalue weighted by Crippen LogP contribution is 2.15. The molecule has 0 fully saturated rings. The van der Waals surface area contributed by atoms with Crippen LogP contribution in [0.3, 0.4) is 0 Å². The van der Waals surface area contributed by atoms with E-state index in [0.29, 0.717) is 12.2 Å². The second-order valence-corrected chi connectivity index (χ2v) is 9.25. The van der Waals surface area contributed by atoms with Crippen LogP contribution in [0.1, 0.15) is 30.5 Å². The van der Waals surface area contributed by atoms with E-state index in [0.717, 1.165) is 11.1 Å². The zero-order valence-electron chi connectivity index (χ0n) is 16.1. The molecular weight excluding hydrogens is 399 g/mol. The third-order valence-corrected chi connectivity index (χ3v) is 6.42. The van der Waals surface area contributed by atoms with Crippen molar-refractivity contribution < 1.29 is 17.6 Å². The quantitative estimate of drug-likeness (QED) is 0.647. The molecular formula is C20H25FN2O3S2. The van der Waals surface area contributed by atoms with Crippen LogP contribution < -0.4 is 10.0 Å². The lowest BCUT2D eigenvalue weighted by molar-refractivity contribution is -0.123. The molecule has 8 heteroatoms. The number of carbonyl (C=O) groups excluding carboxylic acids is 1. The Balaban J connectivity index is 2.13. The van der Waals surface area contributed by atoms with Gasteiger partial charge in [0.15, 0.2) is 0 Å². The maximum atomic E-state index is 13.1. The van der Waals surface area contributed by atoms with Gasteiger partial charge in [-0.05, 0) is 62.1 Å². The fraction of sp³-hybridized carbons (Fsp3) is 0.350. The van der Waals surface area contributed by atoms with Crippen LogP contribution in [0.2, 0.25) is 0 Å². The number of hydrogen-bond donors (Lipinski definition) is 2. The lowest BCUT2D eigenvalue weighted by atomic mass is 10.1. The Hall–Kier alpha value is -1.90. The van der Waals surface area contributed by atoms with Crippen LogP contribution in [0.25, 0.3) is 0 Å². The molecule has 2 rings (SSSR count). The van der Waals surface area contributed by atoms with E-state index in [1.807, 2.05) is 13.2 Å².